The Balaban J connectivity index is 1.39. The van der Waals surface area contributed by atoms with Crippen molar-refractivity contribution >= 4 is 5.69 Å². The van der Waals surface area contributed by atoms with Crippen LogP contribution in [0, 0.1) is 0 Å². The number of aromatic nitrogens is 4. The summed E-state index contributed by atoms with van der Waals surface area (Å²) in [6, 6.07) is 4.19. The van der Waals surface area contributed by atoms with Gasteiger partial charge in [0.05, 0.1) is 6.54 Å². The molecule has 0 N–H and O–H groups in total. The number of anilines is 1. The van der Waals surface area contributed by atoms with E-state index in [9.17, 15) is 0 Å². The van der Waals surface area contributed by atoms with Gasteiger partial charge >= 0.3 is 0 Å². The minimum Gasteiger partial charge on any atom is -0.370 e. The van der Waals surface area contributed by atoms with Gasteiger partial charge in [0, 0.05) is 57.2 Å². The molecular formula is C17H24N6. The third-order valence-electron chi connectivity index (χ3n) is 4.92. The molecule has 0 radical (unpaired) electrons. The highest BCUT2D eigenvalue weighted by atomic mass is 15.3. The molecule has 1 saturated carbocycles. The van der Waals surface area contributed by atoms with Gasteiger partial charge in [0.2, 0.25) is 0 Å². The number of hydrogen-bond donors (Lipinski definition) is 0. The van der Waals surface area contributed by atoms with Crippen LogP contribution in [0.15, 0.2) is 24.5 Å². The van der Waals surface area contributed by atoms with Crippen LogP contribution in [0.3, 0.4) is 0 Å². The smallest absolute Gasteiger partial charge is 0.146 e. The topological polar surface area (TPSA) is 50.1 Å². The van der Waals surface area contributed by atoms with Crippen molar-refractivity contribution in [3.8, 4) is 0 Å². The molecule has 4 rings (SSSR count). The zero-order valence-electron chi connectivity index (χ0n) is 13.7. The van der Waals surface area contributed by atoms with Crippen LogP contribution in [-0.4, -0.2) is 50.8 Å². The summed E-state index contributed by atoms with van der Waals surface area (Å²) in [4.78, 5) is 9.06. The van der Waals surface area contributed by atoms with E-state index >= 15 is 0 Å². The van der Waals surface area contributed by atoms with E-state index < -0.39 is 0 Å². The van der Waals surface area contributed by atoms with Crippen LogP contribution < -0.4 is 4.90 Å². The van der Waals surface area contributed by atoms with Crippen LogP contribution in [0.4, 0.5) is 5.69 Å². The van der Waals surface area contributed by atoms with Crippen molar-refractivity contribution in [2.24, 2.45) is 7.05 Å². The normalized spacial score (nSPS) is 19.8. The molecule has 0 aromatic carbocycles. The zero-order valence-corrected chi connectivity index (χ0v) is 13.7. The molecule has 0 amide bonds. The molecule has 0 atom stereocenters. The first-order valence-corrected chi connectivity index (χ1v) is 8.57. The number of hydrogen-bond acceptors (Lipinski definition) is 5. The summed E-state index contributed by atoms with van der Waals surface area (Å²) >= 11 is 0. The second kappa shape index (κ2) is 6.28. The first-order valence-electron chi connectivity index (χ1n) is 8.57. The van der Waals surface area contributed by atoms with Gasteiger partial charge in [-0.1, -0.05) is 0 Å². The van der Waals surface area contributed by atoms with Crippen molar-refractivity contribution in [1.82, 2.24) is 24.6 Å². The van der Waals surface area contributed by atoms with Gasteiger partial charge in [-0.15, -0.1) is 10.2 Å². The molecule has 0 spiro atoms. The van der Waals surface area contributed by atoms with Crippen molar-refractivity contribution in [3.05, 3.63) is 36.2 Å². The monoisotopic (exact) mass is 312 g/mol. The van der Waals surface area contributed by atoms with Crippen LogP contribution in [0.25, 0.3) is 0 Å². The lowest BCUT2D eigenvalue weighted by molar-refractivity contribution is 0.275. The van der Waals surface area contributed by atoms with Crippen LogP contribution in [-0.2, 0) is 13.6 Å². The maximum Gasteiger partial charge on any atom is 0.146 e. The van der Waals surface area contributed by atoms with Gasteiger partial charge in [-0.2, -0.15) is 0 Å². The Morgan fingerprint density at radius 3 is 2.65 bits per heavy atom. The Hall–Kier alpha value is -1.95. The molecule has 23 heavy (non-hydrogen) atoms. The molecule has 1 saturated heterocycles. The molecule has 2 aromatic rings. The van der Waals surface area contributed by atoms with Crippen LogP contribution >= 0.6 is 0 Å². The van der Waals surface area contributed by atoms with Gasteiger partial charge in [0.1, 0.15) is 11.6 Å². The van der Waals surface area contributed by atoms with Crippen molar-refractivity contribution in [2.75, 3.05) is 31.1 Å². The maximum absolute atomic E-state index is 4.43. The minimum absolute atomic E-state index is 0.660. The average molecular weight is 312 g/mol. The molecular weight excluding hydrogens is 288 g/mol. The van der Waals surface area contributed by atoms with Crippen molar-refractivity contribution in [2.45, 2.75) is 31.7 Å². The third-order valence-corrected chi connectivity index (χ3v) is 4.92. The van der Waals surface area contributed by atoms with Gasteiger partial charge in [-0.3, -0.25) is 9.88 Å². The summed E-state index contributed by atoms with van der Waals surface area (Å²) < 4.78 is 2.21. The van der Waals surface area contributed by atoms with E-state index in [-0.39, 0.29) is 0 Å². The van der Waals surface area contributed by atoms with E-state index in [1.807, 2.05) is 12.4 Å². The standard InChI is InChI=1S/C17H24N6/c1-21-16(19-20-17(21)14-3-4-14)13-22-9-2-10-23(12-11-22)15-5-7-18-8-6-15/h5-8,14H,2-4,9-13H2,1H3. The molecule has 2 fully saturated rings. The summed E-state index contributed by atoms with van der Waals surface area (Å²) in [5.74, 6) is 2.94. The largest absolute Gasteiger partial charge is 0.370 e. The van der Waals surface area contributed by atoms with E-state index in [2.05, 4.69) is 48.7 Å². The van der Waals surface area contributed by atoms with Crippen molar-refractivity contribution < 1.29 is 0 Å². The van der Waals surface area contributed by atoms with Gasteiger partial charge in [-0.25, -0.2) is 0 Å². The van der Waals surface area contributed by atoms with Crippen LogP contribution in [0.2, 0.25) is 0 Å². The van der Waals surface area contributed by atoms with Crippen molar-refractivity contribution in [3.63, 3.8) is 0 Å². The Labute approximate surface area is 137 Å². The molecule has 2 aromatic heterocycles. The summed E-state index contributed by atoms with van der Waals surface area (Å²) in [6.07, 6.45) is 7.47. The molecule has 1 aliphatic heterocycles. The fraction of sp³-hybridized carbons (Fsp3) is 0.588. The summed E-state index contributed by atoms with van der Waals surface area (Å²) in [6.45, 7) is 5.24. The van der Waals surface area contributed by atoms with E-state index in [1.165, 1.54) is 30.8 Å². The first kappa shape index (κ1) is 14.6. The summed E-state index contributed by atoms with van der Waals surface area (Å²) in [7, 11) is 2.12. The minimum atomic E-state index is 0.660. The van der Waals surface area contributed by atoms with Gasteiger partial charge in [0.25, 0.3) is 0 Å². The number of rotatable bonds is 4. The zero-order chi connectivity index (χ0) is 15.6. The molecule has 2 aliphatic rings. The first-order chi connectivity index (χ1) is 11.3. The van der Waals surface area contributed by atoms with Crippen LogP contribution in [0.1, 0.15) is 36.8 Å². The van der Waals surface area contributed by atoms with E-state index in [1.54, 1.807) is 0 Å². The fourth-order valence-corrected chi connectivity index (χ4v) is 3.35. The fourth-order valence-electron chi connectivity index (χ4n) is 3.35. The van der Waals surface area contributed by atoms with Gasteiger partial charge in [-0.05, 0) is 31.4 Å². The lowest BCUT2D eigenvalue weighted by Gasteiger charge is -2.23. The molecule has 3 heterocycles. The predicted octanol–water partition coefficient (Wildman–Crippen LogP) is 1.80. The van der Waals surface area contributed by atoms with E-state index in [0.29, 0.717) is 5.92 Å². The quantitative estimate of drug-likeness (QED) is 0.861. The second-order valence-corrected chi connectivity index (χ2v) is 6.63. The maximum atomic E-state index is 4.43. The molecule has 6 nitrogen and oxygen atoms in total. The average Bonchev–Trinajstić information content (AvgIpc) is 3.38. The Kier molecular flexibility index (Phi) is 3.99. The van der Waals surface area contributed by atoms with Crippen molar-refractivity contribution in [1.29, 1.82) is 0 Å². The third kappa shape index (κ3) is 3.22. The molecule has 0 bridgehead atoms. The highest BCUT2D eigenvalue weighted by molar-refractivity contribution is 5.44. The molecule has 0 unspecified atom stereocenters. The van der Waals surface area contributed by atoms with Gasteiger partial charge < -0.3 is 9.47 Å². The SMILES string of the molecule is Cn1c(CN2CCCN(c3ccncc3)CC2)nnc1C1CC1. The lowest BCUT2D eigenvalue weighted by Crippen LogP contribution is -2.31. The van der Waals surface area contributed by atoms with E-state index in [0.717, 1.165) is 38.5 Å². The Bertz CT molecular complexity index is 648. The van der Waals surface area contributed by atoms with Crippen LogP contribution in [0.5, 0.6) is 0 Å². The van der Waals surface area contributed by atoms with E-state index in [4.69, 9.17) is 0 Å². The lowest BCUT2D eigenvalue weighted by atomic mass is 10.3. The Morgan fingerprint density at radius 2 is 1.87 bits per heavy atom. The molecule has 1 aliphatic carbocycles. The summed E-state index contributed by atoms with van der Waals surface area (Å²) in [5.41, 5.74) is 1.27. The Morgan fingerprint density at radius 1 is 1.04 bits per heavy atom. The molecule has 6 heteroatoms. The number of pyridine rings is 1. The highest BCUT2D eigenvalue weighted by Crippen LogP contribution is 2.38. The highest BCUT2D eigenvalue weighted by Gasteiger charge is 2.29. The second-order valence-electron chi connectivity index (χ2n) is 6.63. The number of nitrogens with zero attached hydrogens (tertiary/aromatic N) is 6. The molecule has 122 valence electrons. The predicted molar refractivity (Wildman–Crippen MR) is 89.3 cm³/mol. The summed E-state index contributed by atoms with van der Waals surface area (Å²) in [5, 5.41) is 8.83. The van der Waals surface area contributed by atoms with Gasteiger partial charge in [0.15, 0.2) is 0 Å².